The molecule has 0 amide bonds. The monoisotopic (exact) mass is 207 g/mol. The quantitative estimate of drug-likeness (QED) is 0.482. The molecule has 0 fully saturated rings. The Labute approximate surface area is 85.8 Å². The second-order valence-corrected chi connectivity index (χ2v) is 2.95. The molecule has 0 spiro atoms. The third kappa shape index (κ3) is 2.31. The Morgan fingerprint density at radius 1 is 1.40 bits per heavy atom. The molecule has 78 valence electrons. The van der Waals surface area contributed by atoms with Gasteiger partial charge in [-0.15, -0.1) is 0 Å². The summed E-state index contributed by atoms with van der Waals surface area (Å²) in [5, 5.41) is 36.0. The highest BCUT2D eigenvalue weighted by molar-refractivity contribution is 5.79. The summed E-state index contributed by atoms with van der Waals surface area (Å²) in [5.74, 6) is -0.215. The molecule has 15 heavy (non-hydrogen) atoms. The van der Waals surface area contributed by atoms with Crippen molar-refractivity contribution in [2.75, 3.05) is 0 Å². The zero-order valence-electron chi connectivity index (χ0n) is 7.66. The van der Waals surface area contributed by atoms with Gasteiger partial charge in [0, 0.05) is 0 Å². The minimum absolute atomic E-state index is 0.00307. The number of carbonyl (C=O) groups excluding carboxylic acids is 1. The van der Waals surface area contributed by atoms with Gasteiger partial charge in [-0.05, 0) is 17.7 Å². The summed E-state index contributed by atoms with van der Waals surface area (Å²) in [4.78, 5) is 10.5. The molecule has 0 heterocycles. The van der Waals surface area contributed by atoms with Crippen LogP contribution in [0, 0.1) is 11.3 Å². The van der Waals surface area contributed by atoms with Crippen LogP contribution in [0.3, 0.4) is 0 Å². The lowest BCUT2D eigenvalue weighted by Crippen LogP contribution is -2.15. The van der Waals surface area contributed by atoms with E-state index in [9.17, 15) is 15.0 Å². The molecule has 0 aliphatic rings. The van der Waals surface area contributed by atoms with Gasteiger partial charge < -0.3 is 15.3 Å². The summed E-state index contributed by atoms with van der Waals surface area (Å²) in [6.45, 7) is 0. The van der Waals surface area contributed by atoms with Gasteiger partial charge in [0.05, 0.1) is 11.6 Å². The number of aliphatic hydroxyl groups is 2. The Hall–Kier alpha value is -1.90. The van der Waals surface area contributed by atoms with Crippen LogP contribution in [0.15, 0.2) is 18.2 Å². The van der Waals surface area contributed by atoms with Gasteiger partial charge in [-0.25, -0.2) is 0 Å². The van der Waals surface area contributed by atoms with Gasteiger partial charge in [0.1, 0.15) is 11.9 Å². The number of aromatic hydroxyl groups is 1. The number of phenols is 1. The third-order valence-corrected chi connectivity index (χ3v) is 1.95. The second-order valence-electron chi connectivity index (χ2n) is 2.95. The maximum absolute atomic E-state index is 10.5. The molecule has 5 nitrogen and oxygen atoms in total. The standard InChI is InChI=1S/C10H9NO4/c11-4-9(14)10(15)6-1-2-8(13)7(3-6)5-12/h1-3,5,9-10,13-15H. The number of carbonyl (C=O) groups is 1. The fraction of sp³-hybridized carbons (Fsp3) is 0.200. The predicted molar refractivity (Wildman–Crippen MR) is 50.1 cm³/mol. The largest absolute Gasteiger partial charge is 0.507 e. The number of aliphatic hydroxyl groups excluding tert-OH is 2. The van der Waals surface area contributed by atoms with Crippen molar-refractivity contribution in [1.29, 1.82) is 5.26 Å². The molecule has 3 N–H and O–H groups in total. The maximum atomic E-state index is 10.5. The van der Waals surface area contributed by atoms with Crippen molar-refractivity contribution < 1.29 is 20.1 Å². The topological polar surface area (TPSA) is 102 Å². The van der Waals surface area contributed by atoms with Crippen LogP contribution in [0.5, 0.6) is 5.75 Å². The fourth-order valence-corrected chi connectivity index (χ4v) is 1.10. The zero-order chi connectivity index (χ0) is 11.4. The number of aldehydes is 1. The van der Waals surface area contributed by atoms with Gasteiger partial charge in [-0.1, -0.05) is 6.07 Å². The van der Waals surface area contributed by atoms with Gasteiger partial charge in [-0.2, -0.15) is 5.26 Å². The summed E-state index contributed by atoms with van der Waals surface area (Å²) in [6, 6.07) is 5.23. The Morgan fingerprint density at radius 3 is 2.60 bits per heavy atom. The fourth-order valence-electron chi connectivity index (χ4n) is 1.10. The molecule has 0 aliphatic heterocycles. The van der Waals surface area contributed by atoms with Crippen molar-refractivity contribution in [3.8, 4) is 11.8 Å². The van der Waals surface area contributed by atoms with Gasteiger partial charge in [0.15, 0.2) is 12.4 Å². The van der Waals surface area contributed by atoms with E-state index in [0.717, 1.165) is 0 Å². The lowest BCUT2D eigenvalue weighted by atomic mass is 10.0. The first-order chi connectivity index (χ1) is 7.10. The van der Waals surface area contributed by atoms with Crippen LogP contribution >= 0.6 is 0 Å². The third-order valence-electron chi connectivity index (χ3n) is 1.95. The van der Waals surface area contributed by atoms with E-state index in [1.165, 1.54) is 24.3 Å². The molecule has 2 atom stereocenters. The van der Waals surface area contributed by atoms with Gasteiger partial charge >= 0.3 is 0 Å². The molecule has 0 bridgehead atoms. The van der Waals surface area contributed by atoms with Crippen molar-refractivity contribution in [2.45, 2.75) is 12.2 Å². The molecule has 0 aromatic heterocycles. The van der Waals surface area contributed by atoms with E-state index in [1.807, 2.05) is 0 Å². The number of hydrogen-bond donors (Lipinski definition) is 3. The summed E-state index contributed by atoms with van der Waals surface area (Å²) in [5.41, 5.74) is 0.195. The molecular formula is C10H9NO4. The van der Waals surface area contributed by atoms with Crippen LogP contribution < -0.4 is 0 Å². The molecule has 0 saturated heterocycles. The van der Waals surface area contributed by atoms with E-state index in [4.69, 9.17) is 10.4 Å². The lowest BCUT2D eigenvalue weighted by Gasteiger charge is -2.12. The van der Waals surface area contributed by atoms with E-state index in [0.29, 0.717) is 6.29 Å². The highest BCUT2D eigenvalue weighted by Gasteiger charge is 2.18. The van der Waals surface area contributed by atoms with Crippen LogP contribution in [0.1, 0.15) is 22.0 Å². The van der Waals surface area contributed by atoms with Gasteiger partial charge in [0.25, 0.3) is 0 Å². The Bertz CT molecular complexity index is 410. The first kappa shape index (κ1) is 11.2. The first-order valence-corrected chi connectivity index (χ1v) is 4.14. The molecule has 1 aromatic rings. The Kier molecular flexibility index (Phi) is 3.39. The van der Waals surface area contributed by atoms with Crippen molar-refractivity contribution in [2.24, 2.45) is 0 Å². The van der Waals surface area contributed by atoms with Crippen molar-refractivity contribution in [3.05, 3.63) is 29.3 Å². The van der Waals surface area contributed by atoms with Crippen LogP contribution in [0.25, 0.3) is 0 Å². The summed E-state index contributed by atoms with van der Waals surface area (Å²) >= 11 is 0. The van der Waals surface area contributed by atoms with E-state index >= 15 is 0 Å². The minimum atomic E-state index is -1.56. The van der Waals surface area contributed by atoms with E-state index < -0.39 is 12.2 Å². The minimum Gasteiger partial charge on any atom is -0.507 e. The number of phenolic OH excluding ortho intramolecular Hbond substituents is 1. The molecule has 2 unspecified atom stereocenters. The molecule has 1 rings (SSSR count). The number of nitrogens with zero attached hydrogens (tertiary/aromatic N) is 1. The maximum Gasteiger partial charge on any atom is 0.170 e. The van der Waals surface area contributed by atoms with Crippen LogP contribution in [-0.4, -0.2) is 27.7 Å². The van der Waals surface area contributed by atoms with Gasteiger partial charge in [-0.3, -0.25) is 4.79 Å². The highest BCUT2D eigenvalue weighted by Crippen LogP contribution is 2.22. The number of hydrogen-bond acceptors (Lipinski definition) is 5. The normalized spacial score (nSPS) is 13.9. The number of rotatable bonds is 3. The van der Waals surface area contributed by atoms with Crippen molar-refractivity contribution in [3.63, 3.8) is 0 Å². The molecule has 1 aromatic carbocycles. The van der Waals surface area contributed by atoms with E-state index in [2.05, 4.69) is 0 Å². The number of nitriles is 1. The van der Waals surface area contributed by atoms with Crippen LogP contribution in [-0.2, 0) is 0 Å². The lowest BCUT2D eigenvalue weighted by molar-refractivity contribution is 0.0527. The van der Waals surface area contributed by atoms with E-state index in [-0.39, 0.29) is 16.9 Å². The van der Waals surface area contributed by atoms with Crippen LogP contribution in [0.2, 0.25) is 0 Å². The summed E-state index contributed by atoms with van der Waals surface area (Å²) < 4.78 is 0. The van der Waals surface area contributed by atoms with Crippen LogP contribution in [0.4, 0.5) is 0 Å². The van der Waals surface area contributed by atoms with Crippen molar-refractivity contribution in [1.82, 2.24) is 0 Å². The summed E-state index contributed by atoms with van der Waals surface area (Å²) in [6.07, 6.45) is -2.53. The SMILES string of the molecule is N#CC(O)C(O)c1ccc(O)c(C=O)c1. The summed E-state index contributed by atoms with van der Waals surface area (Å²) in [7, 11) is 0. The number of benzene rings is 1. The van der Waals surface area contributed by atoms with Crippen molar-refractivity contribution >= 4 is 6.29 Å². The molecule has 0 aliphatic carbocycles. The zero-order valence-corrected chi connectivity index (χ0v) is 7.66. The highest BCUT2D eigenvalue weighted by atomic mass is 16.3. The smallest absolute Gasteiger partial charge is 0.170 e. The molecular weight excluding hydrogens is 198 g/mol. The van der Waals surface area contributed by atoms with E-state index in [1.54, 1.807) is 0 Å². The first-order valence-electron chi connectivity index (χ1n) is 4.14. The molecule has 0 radical (unpaired) electrons. The average molecular weight is 207 g/mol. The Morgan fingerprint density at radius 2 is 2.07 bits per heavy atom. The molecule has 5 heteroatoms. The second kappa shape index (κ2) is 4.55. The predicted octanol–water partition coefficient (Wildman–Crippen LogP) is 0.123. The van der Waals surface area contributed by atoms with Gasteiger partial charge in [0.2, 0.25) is 0 Å². The Balaban J connectivity index is 3.06. The average Bonchev–Trinajstić information content (AvgIpc) is 2.27. The molecule has 0 saturated carbocycles.